The molecule has 0 unspecified atom stereocenters. The van der Waals surface area contributed by atoms with Gasteiger partial charge in [-0.2, -0.15) is 0 Å². The molecule has 3 rings (SSSR count). The van der Waals surface area contributed by atoms with E-state index in [9.17, 15) is 9.59 Å². The summed E-state index contributed by atoms with van der Waals surface area (Å²) < 4.78 is 0. The summed E-state index contributed by atoms with van der Waals surface area (Å²) in [5.41, 5.74) is 7.74. The van der Waals surface area contributed by atoms with E-state index in [2.05, 4.69) is 10.6 Å². The van der Waals surface area contributed by atoms with Gasteiger partial charge in [0.25, 0.3) is 11.8 Å². The zero-order chi connectivity index (χ0) is 17.6. The number of carbonyl (C=O) groups excluding carboxylic acids is 2. The van der Waals surface area contributed by atoms with Crippen molar-refractivity contribution in [2.24, 2.45) is 0 Å². The molecule has 0 aromatic heterocycles. The van der Waals surface area contributed by atoms with Crippen LogP contribution in [0.3, 0.4) is 0 Å². The number of hydrogen-bond donors (Lipinski definition) is 3. The Labute approximate surface area is 147 Å². The molecule has 1 fully saturated rings. The molecular formula is C20H23N3O2. The van der Waals surface area contributed by atoms with Crippen molar-refractivity contribution in [2.75, 3.05) is 11.1 Å². The van der Waals surface area contributed by atoms with Gasteiger partial charge in [0, 0.05) is 17.3 Å². The highest BCUT2D eigenvalue weighted by Crippen LogP contribution is 2.20. The van der Waals surface area contributed by atoms with Crippen molar-refractivity contribution in [2.45, 2.75) is 38.1 Å². The zero-order valence-electron chi connectivity index (χ0n) is 14.1. The summed E-state index contributed by atoms with van der Waals surface area (Å²) in [4.78, 5) is 25.0. The minimum absolute atomic E-state index is 0.139. The summed E-state index contributed by atoms with van der Waals surface area (Å²) >= 11 is 0. The van der Waals surface area contributed by atoms with Crippen molar-refractivity contribution in [3.8, 4) is 0 Å². The molecule has 1 aliphatic carbocycles. The van der Waals surface area contributed by atoms with Gasteiger partial charge in [0.1, 0.15) is 0 Å². The van der Waals surface area contributed by atoms with Gasteiger partial charge >= 0.3 is 0 Å². The van der Waals surface area contributed by atoms with Gasteiger partial charge in [0.15, 0.2) is 0 Å². The molecule has 0 atom stereocenters. The summed E-state index contributed by atoms with van der Waals surface area (Å²) in [7, 11) is 0. The molecule has 0 bridgehead atoms. The van der Waals surface area contributed by atoms with Crippen LogP contribution in [0, 0.1) is 0 Å². The molecule has 0 heterocycles. The molecule has 5 heteroatoms. The number of benzene rings is 2. The molecule has 4 N–H and O–H groups in total. The number of carbonyl (C=O) groups is 2. The van der Waals surface area contributed by atoms with Crippen LogP contribution in [0.15, 0.2) is 48.5 Å². The van der Waals surface area contributed by atoms with Crippen molar-refractivity contribution in [3.63, 3.8) is 0 Å². The normalized spacial score (nSPS) is 14.7. The number of nitrogen functional groups attached to an aromatic ring is 1. The van der Waals surface area contributed by atoms with E-state index in [-0.39, 0.29) is 17.9 Å². The molecule has 0 spiro atoms. The molecule has 1 saturated carbocycles. The van der Waals surface area contributed by atoms with Crippen LogP contribution in [0.1, 0.15) is 52.8 Å². The predicted molar refractivity (Wildman–Crippen MR) is 99.6 cm³/mol. The van der Waals surface area contributed by atoms with E-state index in [1.54, 1.807) is 48.5 Å². The van der Waals surface area contributed by atoms with Crippen molar-refractivity contribution >= 4 is 23.2 Å². The van der Waals surface area contributed by atoms with Crippen molar-refractivity contribution in [1.82, 2.24) is 5.32 Å². The third kappa shape index (κ3) is 4.38. The molecule has 2 aromatic rings. The molecule has 2 amide bonds. The molecule has 130 valence electrons. The number of amides is 2. The van der Waals surface area contributed by atoms with Crippen LogP contribution >= 0.6 is 0 Å². The standard InChI is InChI=1S/C20H23N3O2/c21-15-12-10-14(11-13-15)19(24)23-18-9-5-4-8-17(18)20(25)22-16-6-2-1-3-7-16/h4-5,8-13,16H,1-3,6-7,21H2,(H,22,25)(H,23,24). The second-order valence-electron chi connectivity index (χ2n) is 6.43. The Kier molecular flexibility index (Phi) is 5.33. The minimum Gasteiger partial charge on any atom is -0.399 e. The van der Waals surface area contributed by atoms with Crippen LogP contribution in [-0.4, -0.2) is 17.9 Å². The lowest BCUT2D eigenvalue weighted by Gasteiger charge is -2.23. The fraction of sp³-hybridized carbons (Fsp3) is 0.300. The molecule has 0 radical (unpaired) electrons. The maximum Gasteiger partial charge on any atom is 0.255 e. The number of rotatable bonds is 4. The van der Waals surface area contributed by atoms with E-state index in [4.69, 9.17) is 5.73 Å². The highest BCUT2D eigenvalue weighted by Gasteiger charge is 2.19. The van der Waals surface area contributed by atoms with E-state index in [0.717, 1.165) is 25.7 Å². The van der Waals surface area contributed by atoms with Crippen LogP contribution < -0.4 is 16.4 Å². The smallest absolute Gasteiger partial charge is 0.255 e. The number of nitrogens with two attached hydrogens (primary N) is 1. The first-order chi connectivity index (χ1) is 12.1. The van der Waals surface area contributed by atoms with Crippen LogP contribution in [0.4, 0.5) is 11.4 Å². The number of hydrogen-bond acceptors (Lipinski definition) is 3. The Morgan fingerprint density at radius 2 is 1.56 bits per heavy atom. The Balaban J connectivity index is 1.72. The third-order valence-corrected chi connectivity index (χ3v) is 4.53. The average molecular weight is 337 g/mol. The zero-order valence-corrected chi connectivity index (χ0v) is 14.1. The first-order valence-electron chi connectivity index (χ1n) is 8.70. The van der Waals surface area contributed by atoms with Crippen molar-refractivity contribution in [3.05, 3.63) is 59.7 Å². The van der Waals surface area contributed by atoms with E-state index in [1.807, 2.05) is 0 Å². The first-order valence-corrected chi connectivity index (χ1v) is 8.70. The molecule has 0 saturated heterocycles. The lowest BCUT2D eigenvalue weighted by atomic mass is 9.95. The summed E-state index contributed by atoms with van der Waals surface area (Å²) in [6.07, 6.45) is 5.58. The lowest BCUT2D eigenvalue weighted by molar-refractivity contribution is 0.0928. The van der Waals surface area contributed by atoms with Crippen molar-refractivity contribution in [1.29, 1.82) is 0 Å². The molecule has 2 aromatic carbocycles. The summed E-state index contributed by atoms with van der Waals surface area (Å²) in [6, 6.07) is 14.0. The summed E-state index contributed by atoms with van der Waals surface area (Å²) in [6.45, 7) is 0. The predicted octanol–water partition coefficient (Wildman–Crippen LogP) is 3.58. The van der Waals surface area contributed by atoms with Crippen LogP contribution in [-0.2, 0) is 0 Å². The topological polar surface area (TPSA) is 84.2 Å². The van der Waals surface area contributed by atoms with Gasteiger partial charge in [-0.3, -0.25) is 9.59 Å². The molecule has 5 nitrogen and oxygen atoms in total. The summed E-state index contributed by atoms with van der Waals surface area (Å²) in [5.74, 6) is -0.405. The van der Waals surface area contributed by atoms with E-state index in [0.29, 0.717) is 22.5 Å². The average Bonchev–Trinajstić information content (AvgIpc) is 2.63. The van der Waals surface area contributed by atoms with Gasteiger partial charge in [-0.1, -0.05) is 31.4 Å². The SMILES string of the molecule is Nc1ccc(C(=O)Nc2ccccc2C(=O)NC2CCCCC2)cc1. The fourth-order valence-electron chi connectivity index (χ4n) is 3.13. The Bertz CT molecular complexity index is 750. The molecule has 1 aliphatic rings. The largest absolute Gasteiger partial charge is 0.399 e. The number of anilines is 2. The van der Waals surface area contributed by atoms with E-state index >= 15 is 0 Å². The highest BCUT2D eigenvalue weighted by atomic mass is 16.2. The van der Waals surface area contributed by atoms with Gasteiger partial charge in [0.2, 0.25) is 0 Å². The van der Waals surface area contributed by atoms with E-state index < -0.39 is 0 Å². The number of para-hydroxylation sites is 1. The van der Waals surface area contributed by atoms with Gasteiger partial charge in [-0.15, -0.1) is 0 Å². The molecule has 25 heavy (non-hydrogen) atoms. The van der Waals surface area contributed by atoms with Gasteiger partial charge in [-0.25, -0.2) is 0 Å². The van der Waals surface area contributed by atoms with Crippen LogP contribution in [0.5, 0.6) is 0 Å². The monoisotopic (exact) mass is 337 g/mol. The maximum atomic E-state index is 12.6. The molecule has 0 aliphatic heterocycles. The Morgan fingerprint density at radius 1 is 0.880 bits per heavy atom. The number of nitrogens with one attached hydrogen (secondary N) is 2. The van der Waals surface area contributed by atoms with Crippen LogP contribution in [0.25, 0.3) is 0 Å². The quantitative estimate of drug-likeness (QED) is 0.746. The maximum absolute atomic E-state index is 12.6. The molecular weight excluding hydrogens is 314 g/mol. The minimum atomic E-state index is -0.266. The highest BCUT2D eigenvalue weighted by molar-refractivity contribution is 6.09. The van der Waals surface area contributed by atoms with Gasteiger partial charge < -0.3 is 16.4 Å². The second-order valence-corrected chi connectivity index (χ2v) is 6.43. The summed E-state index contributed by atoms with van der Waals surface area (Å²) in [5, 5.41) is 5.91. The fourth-order valence-corrected chi connectivity index (χ4v) is 3.13. The van der Waals surface area contributed by atoms with Crippen LogP contribution in [0.2, 0.25) is 0 Å². The lowest BCUT2D eigenvalue weighted by Crippen LogP contribution is -2.36. The Morgan fingerprint density at radius 3 is 2.28 bits per heavy atom. The first kappa shape index (κ1) is 17.0. The van der Waals surface area contributed by atoms with Gasteiger partial charge in [-0.05, 0) is 49.2 Å². The third-order valence-electron chi connectivity index (χ3n) is 4.53. The Hall–Kier alpha value is -2.82. The van der Waals surface area contributed by atoms with E-state index in [1.165, 1.54) is 6.42 Å². The van der Waals surface area contributed by atoms with Crippen molar-refractivity contribution < 1.29 is 9.59 Å². The van der Waals surface area contributed by atoms with Gasteiger partial charge in [0.05, 0.1) is 11.3 Å². The second kappa shape index (κ2) is 7.83.